The number of nitrogens with one attached hydrogen (secondary N) is 2. The van der Waals surface area contributed by atoms with Gasteiger partial charge in [0, 0.05) is 49.2 Å². The lowest BCUT2D eigenvalue weighted by Gasteiger charge is -2.30. The van der Waals surface area contributed by atoms with E-state index in [4.69, 9.17) is 9.47 Å². The molecule has 9 nitrogen and oxygen atoms in total. The van der Waals surface area contributed by atoms with Gasteiger partial charge in [0.15, 0.2) is 6.29 Å². The number of carbonyl (C=O) groups is 3. The van der Waals surface area contributed by atoms with Crippen molar-refractivity contribution in [1.82, 2.24) is 9.88 Å². The number of benzene rings is 2. The average Bonchev–Trinajstić information content (AvgIpc) is 3.46. The molecule has 1 aliphatic carbocycles. The number of hydrogen-bond donors (Lipinski definition) is 2. The highest BCUT2D eigenvalue weighted by Crippen LogP contribution is 2.47. The molecular weight excluding hydrogens is 539 g/mol. The average molecular weight is 575 g/mol. The third-order valence-electron chi connectivity index (χ3n) is 7.90. The fraction of sp³-hybridized carbons (Fsp3) is 0.375. The number of fused-ring (bicyclic) bond motifs is 3. The summed E-state index contributed by atoms with van der Waals surface area (Å²) < 4.78 is 25.5. The standard InChI is InChI=1S/C32H35FN4O5/c1-31(2,3)30(40)37(17-20-8-6-10-24(33)26(20)28(41-4)42-5)18-25(38)35-22-12-11-19-15-32(16-21(19)14-22)23-9-7-13-34-27(23)36-29(32)39/h6-14,28H,15-18H2,1-5H3,(H,35,38)(H,34,36,39). The lowest BCUT2D eigenvalue weighted by molar-refractivity contribution is -0.142. The van der Waals surface area contributed by atoms with Gasteiger partial charge in [0.2, 0.25) is 17.7 Å². The first kappa shape index (κ1) is 29.3. The molecule has 1 unspecified atom stereocenters. The highest BCUT2D eigenvalue weighted by atomic mass is 19.1. The maximum Gasteiger partial charge on any atom is 0.244 e. The van der Waals surface area contributed by atoms with Crippen LogP contribution in [0.2, 0.25) is 0 Å². The van der Waals surface area contributed by atoms with Crippen molar-refractivity contribution in [3.8, 4) is 0 Å². The van der Waals surface area contributed by atoms with Crippen LogP contribution in [0.15, 0.2) is 54.7 Å². The van der Waals surface area contributed by atoms with E-state index in [1.165, 1.54) is 25.2 Å². The second-order valence-electron chi connectivity index (χ2n) is 11.8. The van der Waals surface area contributed by atoms with Gasteiger partial charge in [-0.1, -0.05) is 45.0 Å². The smallest absolute Gasteiger partial charge is 0.244 e. The number of ether oxygens (including phenoxy) is 2. The number of amides is 3. The summed E-state index contributed by atoms with van der Waals surface area (Å²) >= 11 is 0. The molecule has 3 aromatic rings. The first-order valence-electron chi connectivity index (χ1n) is 13.8. The molecule has 2 aromatic carbocycles. The quantitative estimate of drug-likeness (QED) is 0.383. The van der Waals surface area contributed by atoms with Crippen molar-refractivity contribution in [3.05, 3.63) is 88.4 Å². The zero-order valence-corrected chi connectivity index (χ0v) is 24.4. The molecule has 2 aliphatic rings. The Kier molecular flexibility index (Phi) is 7.87. The third kappa shape index (κ3) is 5.39. The maximum absolute atomic E-state index is 14.9. The number of rotatable bonds is 8. The molecule has 0 saturated heterocycles. The molecule has 3 amide bonds. The van der Waals surface area contributed by atoms with Gasteiger partial charge >= 0.3 is 0 Å². The summed E-state index contributed by atoms with van der Waals surface area (Å²) in [5, 5.41) is 5.81. The molecule has 220 valence electrons. The summed E-state index contributed by atoms with van der Waals surface area (Å²) in [5.74, 6) is -0.679. The van der Waals surface area contributed by atoms with Crippen LogP contribution < -0.4 is 10.6 Å². The Hall–Kier alpha value is -4.15. The van der Waals surface area contributed by atoms with Crippen LogP contribution >= 0.6 is 0 Å². The van der Waals surface area contributed by atoms with Crippen LogP contribution in [0.4, 0.5) is 15.9 Å². The Morgan fingerprint density at radius 2 is 1.83 bits per heavy atom. The number of carbonyl (C=O) groups excluding carboxylic acids is 3. The molecule has 5 rings (SSSR count). The second kappa shape index (κ2) is 11.3. The minimum atomic E-state index is -0.971. The van der Waals surface area contributed by atoms with Crippen molar-refractivity contribution in [3.63, 3.8) is 0 Å². The summed E-state index contributed by atoms with van der Waals surface area (Å²) in [6.45, 7) is 5.03. The molecule has 2 heterocycles. The molecular formula is C32H35FN4O5. The molecule has 0 radical (unpaired) electrons. The minimum Gasteiger partial charge on any atom is -0.352 e. The Labute approximate surface area is 244 Å². The molecule has 2 N–H and O–H groups in total. The van der Waals surface area contributed by atoms with Crippen molar-refractivity contribution in [2.24, 2.45) is 5.41 Å². The largest absolute Gasteiger partial charge is 0.352 e. The van der Waals surface area contributed by atoms with Crippen molar-refractivity contribution in [2.45, 2.75) is 51.9 Å². The van der Waals surface area contributed by atoms with Gasteiger partial charge in [-0.25, -0.2) is 9.37 Å². The van der Waals surface area contributed by atoms with E-state index >= 15 is 0 Å². The Morgan fingerprint density at radius 3 is 2.55 bits per heavy atom. The maximum atomic E-state index is 14.9. The van der Waals surface area contributed by atoms with Crippen molar-refractivity contribution < 1.29 is 28.2 Å². The fourth-order valence-corrected chi connectivity index (χ4v) is 5.91. The second-order valence-corrected chi connectivity index (χ2v) is 11.8. The summed E-state index contributed by atoms with van der Waals surface area (Å²) in [4.78, 5) is 45.5. The molecule has 0 bridgehead atoms. The summed E-state index contributed by atoms with van der Waals surface area (Å²) in [7, 11) is 2.81. The lowest BCUT2D eigenvalue weighted by atomic mass is 9.79. The summed E-state index contributed by atoms with van der Waals surface area (Å²) in [5.41, 5.74) is 2.60. The fourth-order valence-electron chi connectivity index (χ4n) is 5.91. The number of halogens is 1. The van der Waals surface area contributed by atoms with Gasteiger partial charge in [0.05, 0.1) is 5.41 Å². The van der Waals surface area contributed by atoms with Crippen LogP contribution in [0.3, 0.4) is 0 Å². The molecule has 0 saturated carbocycles. The normalized spacial score (nSPS) is 17.3. The zero-order valence-electron chi connectivity index (χ0n) is 24.4. The molecule has 10 heteroatoms. The number of aromatic nitrogens is 1. The van der Waals surface area contributed by atoms with E-state index in [-0.39, 0.29) is 30.5 Å². The van der Waals surface area contributed by atoms with Gasteiger partial charge in [-0.2, -0.15) is 0 Å². The summed E-state index contributed by atoms with van der Waals surface area (Å²) in [6, 6.07) is 13.9. The van der Waals surface area contributed by atoms with Gasteiger partial charge in [0.25, 0.3) is 0 Å². The third-order valence-corrected chi connectivity index (χ3v) is 7.90. The Balaban J connectivity index is 1.35. The highest BCUT2D eigenvalue weighted by Gasteiger charge is 2.51. The van der Waals surface area contributed by atoms with Crippen LogP contribution in [-0.2, 0) is 48.7 Å². The molecule has 0 fully saturated rings. The predicted octanol–water partition coefficient (Wildman–Crippen LogP) is 4.51. The minimum absolute atomic E-state index is 0.0187. The molecule has 42 heavy (non-hydrogen) atoms. The Morgan fingerprint density at radius 1 is 1.10 bits per heavy atom. The Bertz CT molecular complexity index is 1550. The van der Waals surface area contributed by atoms with Crippen LogP contribution in [-0.4, -0.2) is 48.4 Å². The SMILES string of the molecule is COC(OC)c1c(F)cccc1CN(CC(=O)Nc1ccc2c(c1)CC1(C2)C(=O)Nc2ncccc21)C(=O)C(C)(C)C. The number of methoxy groups -OCH3 is 2. The summed E-state index contributed by atoms with van der Waals surface area (Å²) in [6.07, 6.45) is 1.73. The lowest BCUT2D eigenvalue weighted by Crippen LogP contribution is -2.43. The monoisotopic (exact) mass is 574 g/mol. The number of hydrogen-bond acceptors (Lipinski definition) is 6. The van der Waals surface area contributed by atoms with E-state index in [1.807, 2.05) is 24.3 Å². The number of anilines is 2. The molecule has 1 aliphatic heterocycles. The first-order chi connectivity index (χ1) is 20.0. The van der Waals surface area contributed by atoms with Crippen LogP contribution in [0.25, 0.3) is 0 Å². The predicted molar refractivity (Wildman–Crippen MR) is 155 cm³/mol. The van der Waals surface area contributed by atoms with Gasteiger partial charge in [-0.15, -0.1) is 0 Å². The van der Waals surface area contributed by atoms with Gasteiger partial charge in [-0.3, -0.25) is 14.4 Å². The van der Waals surface area contributed by atoms with Crippen molar-refractivity contribution in [2.75, 3.05) is 31.4 Å². The van der Waals surface area contributed by atoms with Crippen molar-refractivity contribution >= 4 is 29.2 Å². The number of nitrogens with zero attached hydrogens (tertiary/aromatic N) is 2. The van der Waals surface area contributed by atoms with E-state index in [0.717, 1.165) is 16.7 Å². The molecule has 1 atom stereocenters. The molecule has 1 aromatic heterocycles. The van der Waals surface area contributed by atoms with Crippen molar-refractivity contribution in [1.29, 1.82) is 0 Å². The van der Waals surface area contributed by atoms with Gasteiger partial charge in [0.1, 0.15) is 18.2 Å². The first-order valence-corrected chi connectivity index (χ1v) is 13.8. The van der Waals surface area contributed by atoms with Crippen LogP contribution in [0, 0.1) is 11.2 Å². The number of pyridine rings is 1. The van der Waals surface area contributed by atoms with E-state index < -0.39 is 28.8 Å². The van der Waals surface area contributed by atoms with Crippen LogP contribution in [0.1, 0.15) is 54.9 Å². The van der Waals surface area contributed by atoms with E-state index in [1.54, 1.807) is 45.2 Å². The van der Waals surface area contributed by atoms with Gasteiger partial charge < -0.3 is 25.0 Å². The molecule has 1 spiro atoms. The zero-order chi connectivity index (χ0) is 30.2. The van der Waals surface area contributed by atoms with E-state index in [9.17, 15) is 18.8 Å². The highest BCUT2D eigenvalue weighted by molar-refractivity contribution is 6.06. The topological polar surface area (TPSA) is 110 Å². The van der Waals surface area contributed by atoms with E-state index in [0.29, 0.717) is 29.9 Å². The van der Waals surface area contributed by atoms with E-state index in [2.05, 4.69) is 15.6 Å². The van der Waals surface area contributed by atoms with Crippen LogP contribution in [0.5, 0.6) is 0 Å². The van der Waals surface area contributed by atoms with Gasteiger partial charge in [-0.05, 0) is 53.8 Å².